The normalized spacial score (nSPS) is 11.7. The molecule has 0 saturated carbocycles. The van der Waals surface area contributed by atoms with Crippen molar-refractivity contribution in [2.45, 2.75) is 11.3 Å². The van der Waals surface area contributed by atoms with Crippen molar-refractivity contribution >= 4 is 33.4 Å². The number of hydrogen-bond acceptors (Lipinski definition) is 4. The van der Waals surface area contributed by atoms with Crippen molar-refractivity contribution in [2.75, 3.05) is 6.54 Å². The first kappa shape index (κ1) is 18.1. The second-order valence-electron chi connectivity index (χ2n) is 4.89. The van der Waals surface area contributed by atoms with Crippen LogP contribution in [0.4, 0.5) is 5.69 Å². The lowest BCUT2D eigenvalue weighted by atomic mass is 10.2. The van der Waals surface area contributed by atoms with Crippen molar-refractivity contribution in [3.05, 3.63) is 75.3 Å². The van der Waals surface area contributed by atoms with E-state index in [2.05, 4.69) is 4.72 Å². The lowest BCUT2D eigenvalue weighted by Gasteiger charge is -2.05. The first-order valence-corrected chi connectivity index (χ1v) is 8.91. The van der Waals surface area contributed by atoms with Gasteiger partial charge in [-0.25, -0.2) is 13.1 Å². The van der Waals surface area contributed by atoms with Gasteiger partial charge in [-0.2, -0.15) is 0 Å². The number of nitrogens with one attached hydrogen (secondary N) is 1. The summed E-state index contributed by atoms with van der Waals surface area (Å²) in [6, 6.07) is 12.0. The van der Waals surface area contributed by atoms with Crippen LogP contribution in [-0.2, 0) is 10.0 Å². The predicted octanol–water partition coefficient (Wildman–Crippen LogP) is 3.63. The van der Waals surface area contributed by atoms with E-state index < -0.39 is 14.9 Å². The highest BCUT2D eigenvalue weighted by Gasteiger charge is 2.14. The minimum atomic E-state index is -3.68. The fourth-order valence-corrected chi connectivity index (χ4v) is 3.07. The van der Waals surface area contributed by atoms with Crippen LogP contribution in [0, 0.1) is 10.1 Å². The van der Waals surface area contributed by atoms with E-state index in [1.807, 2.05) is 24.3 Å². The van der Waals surface area contributed by atoms with Gasteiger partial charge in [0.2, 0.25) is 10.0 Å². The number of nitrogens with zero attached hydrogens (tertiary/aromatic N) is 1. The predicted molar refractivity (Wildman–Crippen MR) is 93.4 cm³/mol. The first-order valence-electron chi connectivity index (χ1n) is 7.05. The van der Waals surface area contributed by atoms with Crippen LogP contribution >= 0.6 is 11.6 Å². The number of nitro groups is 1. The van der Waals surface area contributed by atoms with Crippen molar-refractivity contribution in [1.29, 1.82) is 0 Å². The van der Waals surface area contributed by atoms with Gasteiger partial charge < -0.3 is 0 Å². The van der Waals surface area contributed by atoms with Gasteiger partial charge >= 0.3 is 0 Å². The van der Waals surface area contributed by atoms with E-state index in [0.717, 1.165) is 17.7 Å². The molecule has 0 aliphatic rings. The second kappa shape index (κ2) is 8.05. The van der Waals surface area contributed by atoms with Gasteiger partial charge in [-0.05, 0) is 36.2 Å². The Bertz CT molecular complexity index is 831. The maximum Gasteiger partial charge on any atom is 0.269 e. The van der Waals surface area contributed by atoms with Crippen molar-refractivity contribution in [3.63, 3.8) is 0 Å². The van der Waals surface area contributed by atoms with Crippen LogP contribution in [0.2, 0.25) is 5.02 Å². The van der Waals surface area contributed by atoms with Gasteiger partial charge in [0.1, 0.15) is 0 Å². The van der Waals surface area contributed by atoms with Crippen LogP contribution in [-0.4, -0.2) is 19.9 Å². The Labute approximate surface area is 145 Å². The van der Waals surface area contributed by atoms with Crippen molar-refractivity contribution in [3.8, 4) is 0 Å². The Morgan fingerprint density at radius 2 is 1.71 bits per heavy atom. The summed E-state index contributed by atoms with van der Waals surface area (Å²) < 4.78 is 26.6. The molecule has 0 fully saturated rings. The SMILES string of the molecule is O=[N+]([O-])c1ccc(S(=O)(=O)NCC/C=C/c2ccc(Cl)cc2)cc1. The molecule has 24 heavy (non-hydrogen) atoms. The molecule has 0 amide bonds. The summed E-state index contributed by atoms with van der Waals surface area (Å²) in [5, 5.41) is 11.2. The highest BCUT2D eigenvalue weighted by Crippen LogP contribution is 2.15. The number of hydrogen-bond donors (Lipinski definition) is 1. The Hall–Kier alpha value is -2.22. The topological polar surface area (TPSA) is 89.3 Å². The summed E-state index contributed by atoms with van der Waals surface area (Å²) in [6.45, 7) is 0.226. The average molecular weight is 367 g/mol. The van der Waals surface area contributed by atoms with Crippen LogP contribution in [0.1, 0.15) is 12.0 Å². The summed E-state index contributed by atoms with van der Waals surface area (Å²) in [4.78, 5) is 9.98. The summed E-state index contributed by atoms with van der Waals surface area (Å²) in [6.07, 6.45) is 4.23. The zero-order valence-corrected chi connectivity index (χ0v) is 14.1. The van der Waals surface area contributed by atoms with Gasteiger partial charge in [0, 0.05) is 23.7 Å². The zero-order valence-electron chi connectivity index (χ0n) is 12.6. The third-order valence-electron chi connectivity index (χ3n) is 3.14. The zero-order chi connectivity index (χ0) is 17.6. The van der Waals surface area contributed by atoms with Crippen molar-refractivity contribution in [2.24, 2.45) is 0 Å². The molecule has 2 rings (SSSR count). The van der Waals surface area contributed by atoms with Gasteiger partial charge in [0.15, 0.2) is 0 Å². The molecular formula is C16H15ClN2O4S. The van der Waals surface area contributed by atoms with Crippen LogP contribution in [0.15, 0.2) is 59.5 Å². The van der Waals surface area contributed by atoms with E-state index in [0.29, 0.717) is 11.4 Å². The number of non-ortho nitro benzene ring substituents is 1. The van der Waals surface area contributed by atoms with Gasteiger partial charge in [-0.15, -0.1) is 0 Å². The van der Waals surface area contributed by atoms with Crippen LogP contribution in [0.25, 0.3) is 6.08 Å². The lowest BCUT2D eigenvalue weighted by molar-refractivity contribution is -0.384. The number of halogens is 1. The molecule has 0 aromatic heterocycles. The van der Waals surface area contributed by atoms with Crippen LogP contribution < -0.4 is 4.72 Å². The molecule has 6 nitrogen and oxygen atoms in total. The fraction of sp³-hybridized carbons (Fsp3) is 0.125. The van der Waals surface area contributed by atoms with E-state index in [1.54, 1.807) is 12.1 Å². The highest BCUT2D eigenvalue weighted by molar-refractivity contribution is 7.89. The van der Waals surface area contributed by atoms with Gasteiger partial charge in [0.05, 0.1) is 9.82 Å². The first-order chi connectivity index (χ1) is 11.4. The Morgan fingerprint density at radius 1 is 1.08 bits per heavy atom. The van der Waals surface area contributed by atoms with Crippen LogP contribution in [0.5, 0.6) is 0 Å². The van der Waals surface area contributed by atoms with E-state index >= 15 is 0 Å². The van der Waals surface area contributed by atoms with E-state index in [9.17, 15) is 18.5 Å². The fourth-order valence-electron chi connectivity index (χ4n) is 1.90. The molecule has 126 valence electrons. The molecule has 2 aromatic carbocycles. The molecule has 0 bridgehead atoms. The maximum atomic E-state index is 12.1. The van der Waals surface area contributed by atoms with Crippen LogP contribution in [0.3, 0.4) is 0 Å². The molecule has 0 atom stereocenters. The number of rotatable bonds is 7. The summed E-state index contributed by atoms with van der Waals surface area (Å²) in [7, 11) is -3.68. The monoisotopic (exact) mass is 366 g/mol. The molecule has 0 spiro atoms. The molecular weight excluding hydrogens is 352 g/mol. The Kier molecular flexibility index (Phi) is 6.08. The van der Waals surface area contributed by atoms with Gasteiger partial charge in [0.25, 0.3) is 5.69 Å². The van der Waals surface area contributed by atoms with E-state index in [1.165, 1.54) is 12.1 Å². The molecule has 8 heteroatoms. The largest absolute Gasteiger partial charge is 0.269 e. The van der Waals surface area contributed by atoms with Gasteiger partial charge in [-0.3, -0.25) is 10.1 Å². The van der Waals surface area contributed by atoms with Gasteiger partial charge in [-0.1, -0.05) is 35.9 Å². The maximum absolute atomic E-state index is 12.1. The molecule has 0 aliphatic carbocycles. The number of nitro benzene ring substituents is 1. The molecule has 0 heterocycles. The average Bonchev–Trinajstić information content (AvgIpc) is 2.56. The quantitative estimate of drug-likeness (QED) is 0.460. The second-order valence-corrected chi connectivity index (χ2v) is 7.09. The van der Waals surface area contributed by atoms with Crippen molar-refractivity contribution < 1.29 is 13.3 Å². The third kappa shape index (κ3) is 5.16. The number of sulfonamides is 1. The summed E-state index contributed by atoms with van der Waals surface area (Å²) in [5.41, 5.74) is 0.817. The highest BCUT2D eigenvalue weighted by atomic mass is 35.5. The smallest absolute Gasteiger partial charge is 0.258 e. The molecule has 0 saturated heterocycles. The minimum Gasteiger partial charge on any atom is -0.258 e. The van der Waals surface area contributed by atoms with Crippen molar-refractivity contribution in [1.82, 2.24) is 4.72 Å². The third-order valence-corrected chi connectivity index (χ3v) is 4.87. The van der Waals surface area contributed by atoms with E-state index in [-0.39, 0.29) is 17.1 Å². The molecule has 1 N–H and O–H groups in total. The molecule has 0 aliphatic heterocycles. The Balaban J connectivity index is 1.88. The molecule has 0 radical (unpaired) electrons. The van der Waals surface area contributed by atoms with E-state index in [4.69, 9.17) is 11.6 Å². The summed E-state index contributed by atoms with van der Waals surface area (Å²) >= 11 is 5.79. The standard InChI is InChI=1S/C16H15ClN2O4S/c17-14-6-4-13(5-7-14)3-1-2-12-18-24(22,23)16-10-8-15(9-11-16)19(20)21/h1,3-11,18H,2,12H2/b3-1+. The number of benzene rings is 2. The minimum absolute atomic E-state index is 0.00483. The lowest BCUT2D eigenvalue weighted by Crippen LogP contribution is -2.24. The Morgan fingerprint density at radius 3 is 2.29 bits per heavy atom. The molecule has 0 unspecified atom stereocenters. The summed E-state index contributed by atoms with van der Waals surface area (Å²) in [5.74, 6) is 0. The molecule has 2 aromatic rings.